The van der Waals surface area contributed by atoms with Crippen molar-refractivity contribution in [2.45, 2.75) is 13.5 Å². The number of hydrogen-bond donors (Lipinski definition) is 2. The molecule has 0 radical (unpaired) electrons. The number of anilines is 1. The first-order valence-corrected chi connectivity index (χ1v) is 6.20. The van der Waals surface area contributed by atoms with Crippen LogP contribution < -0.4 is 11.3 Å². The molecular weight excluding hydrogens is 254 g/mol. The monoisotopic (exact) mass is 271 g/mol. The molecule has 0 aromatic carbocycles. The summed E-state index contributed by atoms with van der Waals surface area (Å²) in [5, 5.41) is 0. The van der Waals surface area contributed by atoms with E-state index in [0.717, 1.165) is 11.4 Å². The average Bonchev–Trinajstić information content (AvgIpc) is 2.47. The van der Waals surface area contributed by atoms with Crippen LogP contribution in [0.2, 0.25) is 0 Å². The second-order valence-electron chi connectivity index (χ2n) is 4.50. The Bertz CT molecular complexity index is 600. The van der Waals surface area contributed by atoms with E-state index in [-0.39, 0.29) is 5.91 Å². The van der Waals surface area contributed by atoms with Crippen molar-refractivity contribution in [3.63, 3.8) is 0 Å². The summed E-state index contributed by atoms with van der Waals surface area (Å²) in [6, 6.07) is 7.34. The van der Waals surface area contributed by atoms with Crippen molar-refractivity contribution in [1.82, 2.24) is 14.9 Å². The molecule has 0 unspecified atom stereocenters. The second kappa shape index (κ2) is 6.12. The molecule has 1 amide bonds. The van der Waals surface area contributed by atoms with E-state index in [9.17, 15) is 4.79 Å². The van der Waals surface area contributed by atoms with E-state index in [1.807, 2.05) is 25.1 Å². The third-order valence-corrected chi connectivity index (χ3v) is 2.90. The van der Waals surface area contributed by atoms with Gasteiger partial charge >= 0.3 is 0 Å². The fourth-order valence-electron chi connectivity index (χ4n) is 1.86. The van der Waals surface area contributed by atoms with Crippen LogP contribution in [0.15, 0.2) is 36.7 Å². The number of nitrogens with one attached hydrogen (secondary N) is 1. The number of carbonyl (C=O) groups excluding carboxylic acids is 1. The number of aryl methyl sites for hydroxylation is 1. The van der Waals surface area contributed by atoms with Gasteiger partial charge in [-0.2, -0.15) is 0 Å². The van der Waals surface area contributed by atoms with Gasteiger partial charge in [0.25, 0.3) is 5.91 Å². The van der Waals surface area contributed by atoms with Gasteiger partial charge in [-0.25, -0.2) is 0 Å². The molecule has 2 heterocycles. The Labute approximate surface area is 117 Å². The number of nitrogens with zero attached hydrogens (tertiary/aromatic N) is 3. The summed E-state index contributed by atoms with van der Waals surface area (Å²) in [7, 11) is 1.72. The van der Waals surface area contributed by atoms with E-state index < -0.39 is 0 Å². The first-order chi connectivity index (χ1) is 9.61. The summed E-state index contributed by atoms with van der Waals surface area (Å²) in [6.45, 7) is 2.27. The van der Waals surface area contributed by atoms with Gasteiger partial charge < -0.3 is 10.3 Å². The lowest BCUT2D eigenvalue weighted by Gasteiger charge is -2.18. The van der Waals surface area contributed by atoms with E-state index in [0.29, 0.717) is 17.8 Å². The van der Waals surface area contributed by atoms with E-state index in [4.69, 9.17) is 5.84 Å². The van der Waals surface area contributed by atoms with Gasteiger partial charge in [-0.05, 0) is 25.1 Å². The Morgan fingerprint density at radius 3 is 2.85 bits per heavy atom. The summed E-state index contributed by atoms with van der Waals surface area (Å²) < 4.78 is 0. The Morgan fingerprint density at radius 2 is 2.20 bits per heavy atom. The van der Waals surface area contributed by atoms with E-state index in [2.05, 4.69) is 15.4 Å². The summed E-state index contributed by atoms with van der Waals surface area (Å²) >= 11 is 0. The number of rotatable bonds is 4. The van der Waals surface area contributed by atoms with Crippen molar-refractivity contribution in [3.05, 3.63) is 53.6 Å². The molecule has 3 N–H and O–H groups in total. The van der Waals surface area contributed by atoms with Crippen LogP contribution in [-0.4, -0.2) is 27.8 Å². The molecule has 2 aromatic heterocycles. The number of aromatic nitrogens is 2. The van der Waals surface area contributed by atoms with Crippen LogP contribution in [-0.2, 0) is 6.54 Å². The smallest absolute Gasteiger partial charge is 0.257 e. The Hall–Kier alpha value is -2.47. The van der Waals surface area contributed by atoms with E-state index in [1.54, 1.807) is 24.2 Å². The van der Waals surface area contributed by atoms with Crippen molar-refractivity contribution in [2.75, 3.05) is 12.5 Å². The van der Waals surface area contributed by atoms with Crippen molar-refractivity contribution in [3.8, 4) is 0 Å². The first-order valence-electron chi connectivity index (χ1n) is 6.20. The lowest BCUT2D eigenvalue weighted by Crippen LogP contribution is -2.28. The molecule has 0 spiro atoms. The van der Waals surface area contributed by atoms with Gasteiger partial charge in [-0.1, -0.05) is 6.07 Å². The van der Waals surface area contributed by atoms with Crippen LogP contribution in [0.4, 0.5) is 5.69 Å². The highest BCUT2D eigenvalue weighted by molar-refractivity contribution is 5.99. The third kappa shape index (κ3) is 3.10. The second-order valence-corrected chi connectivity index (χ2v) is 4.50. The summed E-state index contributed by atoms with van der Waals surface area (Å²) in [5.74, 6) is 5.29. The van der Waals surface area contributed by atoms with Gasteiger partial charge in [0, 0.05) is 25.1 Å². The van der Waals surface area contributed by atoms with Crippen LogP contribution in [0.1, 0.15) is 21.7 Å². The van der Waals surface area contributed by atoms with Crippen molar-refractivity contribution >= 4 is 11.6 Å². The van der Waals surface area contributed by atoms with Gasteiger partial charge in [0.15, 0.2) is 0 Å². The van der Waals surface area contributed by atoms with Crippen molar-refractivity contribution < 1.29 is 4.79 Å². The minimum absolute atomic E-state index is 0.156. The summed E-state index contributed by atoms with van der Waals surface area (Å²) in [6.07, 6.45) is 3.23. The highest BCUT2D eigenvalue weighted by Gasteiger charge is 2.16. The number of carbonyl (C=O) groups is 1. The molecule has 0 atom stereocenters. The van der Waals surface area contributed by atoms with Gasteiger partial charge in [0.1, 0.15) is 0 Å². The molecule has 0 aliphatic heterocycles. The molecule has 0 fully saturated rings. The molecule has 0 bridgehead atoms. The van der Waals surface area contributed by atoms with Crippen LogP contribution in [0.3, 0.4) is 0 Å². The molecule has 6 heteroatoms. The molecule has 0 aliphatic rings. The maximum absolute atomic E-state index is 12.4. The average molecular weight is 271 g/mol. The summed E-state index contributed by atoms with van der Waals surface area (Å²) in [5.41, 5.74) is 5.16. The maximum atomic E-state index is 12.4. The zero-order valence-corrected chi connectivity index (χ0v) is 11.5. The molecular formula is C14H17N5O. The molecule has 0 saturated heterocycles. The fourth-order valence-corrected chi connectivity index (χ4v) is 1.86. The minimum atomic E-state index is -0.156. The molecule has 2 aromatic rings. The zero-order chi connectivity index (χ0) is 14.5. The van der Waals surface area contributed by atoms with Gasteiger partial charge in [0.2, 0.25) is 0 Å². The Kier molecular flexibility index (Phi) is 4.27. The molecule has 0 saturated carbocycles. The lowest BCUT2D eigenvalue weighted by atomic mass is 10.2. The zero-order valence-electron chi connectivity index (χ0n) is 11.5. The fraction of sp³-hybridized carbons (Fsp3) is 0.214. The molecule has 104 valence electrons. The van der Waals surface area contributed by atoms with Crippen molar-refractivity contribution in [1.29, 1.82) is 0 Å². The number of nitrogen functional groups attached to an aromatic ring is 1. The standard InChI is InChI=1S/C14H17N5O/c1-10-7-13(18-15)12(8-17-10)14(20)19(2)9-11-5-3-4-6-16-11/h3-8H,9,15H2,1-2H3,(H,17,18). The third-order valence-electron chi connectivity index (χ3n) is 2.90. The van der Waals surface area contributed by atoms with Crippen LogP contribution in [0, 0.1) is 6.92 Å². The highest BCUT2D eigenvalue weighted by Crippen LogP contribution is 2.17. The van der Waals surface area contributed by atoms with Gasteiger partial charge in [0.05, 0.1) is 23.5 Å². The number of amides is 1. The van der Waals surface area contributed by atoms with E-state index >= 15 is 0 Å². The lowest BCUT2D eigenvalue weighted by molar-refractivity contribution is 0.0784. The van der Waals surface area contributed by atoms with Crippen LogP contribution >= 0.6 is 0 Å². The molecule has 20 heavy (non-hydrogen) atoms. The Balaban J connectivity index is 2.18. The Morgan fingerprint density at radius 1 is 1.40 bits per heavy atom. The predicted molar refractivity (Wildman–Crippen MR) is 76.8 cm³/mol. The molecule has 6 nitrogen and oxygen atoms in total. The molecule has 2 rings (SSSR count). The number of pyridine rings is 2. The van der Waals surface area contributed by atoms with Crippen LogP contribution in [0.25, 0.3) is 0 Å². The predicted octanol–water partition coefficient (Wildman–Crippen LogP) is 1.34. The SMILES string of the molecule is Cc1cc(NN)c(C(=O)N(C)Cc2ccccn2)cn1. The van der Waals surface area contributed by atoms with E-state index in [1.165, 1.54) is 6.20 Å². The highest BCUT2D eigenvalue weighted by atomic mass is 16.2. The van der Waals surface area contributed by atoms with Gasteiger partial charge in [-0.3, -0.25) is 20.6 Å². The van der Waals surface area contributed by atoms with Crippen molar-refractivity contribution in [2.24, 2.45) is 5.84 Å². The summed E-state index contributed by atoms with van der Waals surface area (Å²) in [4.78, 5) is 22.3. The topological polar surface area (TPSA) is 84.1 Å². The first kappa shape index (κ1) is 14.0. The number of hydrazine groups is 1. The quantitative estimate of drug-likeness (QED) is 0.647. The number of hydrogen-bond acceptors (Lipinski definition) is 5. The normalized spacial score (nSPS) is 10.2. The largest absolute Gasteiger partial charge is 0.336 e. The molecule has 0 aliphatic carbocycles. The number of nitrogens with two attached hydrogens (primary N) is 1. The minimum Gasteiger partial charge on any atom is -0.336 e. The maximum Gasteiger partial charge on any atom is 0.257 e. The van der Waals surface area contributed by atoms with Gasteiger partial charge in [-0.15, -0.1) is 0 Å². The van der Waals surface area contributed by atoms with Crippen LogP contribution in [0.5, 0.6) is 0 Å².